The van der Waals surface area contributed by atoms with Crippen LogP contribution in [0.25, 0.3) is 0 Å². The zero-order valence-electron chi connectivity index (χ0n) is 14.4. The van der Waals surface area contributed by atoms with Gasteiger partial charge in [-0.3, -0.25) is 4.79 Å². The first-order valence-corrected chi connectivity index (χ1v) is 10.3. The Morgan fingerprint density at radius 1 is 1.15 bits per heavy atom. The number of ether oxygens (including phenoxy) is 1. The normalized spacial score (nSPS) is 17.9. The summed E-state index contributed by atoms with van der Waals surface area (Å²) >= 11 is 0. The summed E-state index contributed by atoms with van der Waals surface area (Å²) in [6, 6.07) is 12.7. The summed E-state index contributed by atoms with van der Waals surface area (Å²) in [6.45, 7) is 1.26. The molecule has 0 aromatic heterocycles. The van der Waals surface area contributed by atoms with Crippen molar-refractivity contribution in [3.63, 3.8) is 0 Å². The SMILES string of the molecule is CS(=O)(=O)Cc1ccc(C(=O)N2CCOC(c3ccc(F)cc3)C2)cc1. The highest BCUT2D eigenvalue weighted by molar-refractivity contribution is 7.89. The first-order valence-electron chi connectivity index (χ1n) is 8.25. The van der Waals surface area contributed by atoms with Gasteiger partial charge in [0, 0.05) is 18.4 Å². The van der Waals surface area contributed by atoms with E-state index in [1.54, 1.807) is 41.3 Å². The van der Waals surface area contributed by atoms with E-state index in [4.69, 9.17) is 4.74 Å². The van der Waals surface area contributed by atoms with E-state index in [-0.39, 0.29) is 23.6 Å². The number of carbonyl (C=O) groups excluding carboxylic acids is 1. The number of hydrogen-bond donors (Lipinski definition) is 0. The van der Waals surface area contributed by atoms with Crippen LogP contribution in [0, 0.1) is 5.82 Å². The number of sulfone groups is 1. The second kappa shape index (κ2) is 7.55. The van der Waals surface area contributed by atoms with Crippen molar-refractivity contribution in [2.75, 3.05) is 26.0 Å². The van der Waals surface area contributed by atoms with Gasteiger partial charge in [-0.15, -0.1) is 0 Å². The molecular weight excluding hydrogens is 357 g/mol. The van der Waals surface area contributed by atoms with E-state index < -0.39 is 9.84 Å². The second-order valence-corrected chi connectivity index (χ2v) is 8.57. The van der Waals surface area contributed by atoms with Gasteiger partial charge < -0.3 is 9.64 Å². The van der Waals surface area contributed by atoms with Gasteiger partial charge in [0.1, 0.15) is 11.9 Å². The first kappa shape index (κ1) is 18.5. The fourth-order valence-electron chi connectivity index (χ4n) is 2.94. The molecule has 0 bridgehead atoms. The summed E-state index contributed by atoms with van der Waals surface area (Å²) < 4.78 is 41.5. The highest BCUT2D eigenvalue weighted by Gasteiger charge is 2.26. The molecule has 1 fully saturated rings. The van der Waals surface area contributed by atoms with Crippen LogP contribution in [0.5, 0.6) is 0 Å². The molecule has 138 valence electrons. The highest BCUT2D eigenvalue weighted by Crippen LogP contribution is 2.23. The minimum absolute atomic E-state index is 0.0499. The molecule has 7 heteroatoms. The van der Waals surface area contributed by atoms with Gasteiger partial charge in [0.2, 0.25) is 0 Å². The highest BCUT2D eigenvalue weighted by atomic mass is 32.2. The number of benzene rings is 2. The van der Waals surface area contributed by atoms with Gasteiger partial charge >= 0.3 is 0 Å². The number of halogens is 1. The topological polar surface area (TPSA) is 63.7 Å². The van der Waals surface area contributed by atoms with Gasteiger partial charge in [-0.05, 0) is 35.4 Å². The molecule has 3 rings (SSSR count). The third-order valence-corrected chi connectivity index (χ3v) is 5.08. The van der Waals surface area contributed by atoms with Gasteiger partial charge in [0.15, 0.2) is 9.84 Å². The smallest absolute Gasteiger partial charge is 0.254 e. The quantitative estimate of drug-likeness (QED) is 0.822. The summed E-state index contributed by atoms with van der Waals surface area (Å²) in [5.74, 6) is -0.496. The van der Waals surface area contributed by atoms with Crippen LogP contribution in [-0.2, 0) is 20.3 Å². The van der Waals surface area contributed by atoms with E-state index in [0.717, 1.165) is 5.56 Å². The van der Waals surface area contributed by atoms with Crippen molar-refractivity contribution in [1.29, 1.82) is 0 Å². The minimum atomic E-state index is -3.11. The molecule has 1 aliphatic rings. The van der Waals surface area contributed by atoms with Crippen molar-refractivity contribution in [3.8, 4) is 0 Å². The first-order chi connectivity index (χ1) is 12.3. The predicted octanol–water partition coefficient (Wildman–Crippen LogP) is 2.58. The third-order valence-electron chi connectivity index (χ3n) is 4.23. The molecule has 0 spiro atoms. The fraction of sp³-hybridized carbons (Fsp3) is 0.316. The molecule has 1 unspecified atom stereocenters. The molecule has 0 radical (unpaired) electrons. The number of amides is 1. The number of nitrogens with zero attached hydrogens (tertiary/aromatic N) is 1. The van der Waals surface area contributed by atoms with E-state index in [1.807, 2.05) is 0 Å². The zero-order valence-corrected chi connectivity index (χ0v) is 15.2. The van der Waals surface area contributed by atoms with E-state index in [1.165, 1.54) is 18.4 Å². The Kier molecular flexibility index (Phi) is 5.38. The van der Waals surface area contributed by atoms with Crippen molar-refractivity contribution in [1.82, 2.24) is 4.90 Å². The molecule has 1 aliphatic heterocycles. The Morgan fingerprint density at radius 3 is 2.42 bits per heavy atom. The molecule has 26 heavy (non-hydrogen) atoms. The molecule has 5 nitrogen and oxygen atoms in total. The molecule has 1 atom stereocenters. The summed E-state index contributed by atoms with van der Waals surface area (Å²) in [7, 11) is -3.11. The Balaban J connectivity index is 1.70. The number of morpholine rings is 1. The van der Waals surface area contributed by atoms with Crippen LogP contribution in [0.3, 0.4) is 0 Å². The van der Waals surface area contributed by atoms with Crippen LogP contribution < -0.4 is 0 Å². The summed E-state index contributed by atoms with van der Waals surface area (Å²) in [6.07, 6.45) is 0.882. The molecule has 0 saturated carbocycles. The lowest BCUT2D eigenvalue weighted by molar-refractivity contribution is -0.0228. The van der Waals surface area contributed by atoms with Crippen molar-refractivity contribution in [3.05, 3.63) is 71.0 Å². The van der Waals surface area contributed by atoms with Crippen LogP contribution in [0.2, 0.25) is 0 Å². The number of hydrogen-bond acceptors (Lipinski definition) is 4. The van der Waals surface area contributed by atoms with Crippen LogP contribution in [0.15, 0.2) is 48.5 Å². The van der Waals surface area contributed by atoms with Crippen molar-refractivity contribution in [2.45, 2.75) is 11.9 Å². The Bertz CT molecular complexity index is 879. The summed E-state index contributed by atoms with van der Waals surface area (Å²) in [5.41, 5.74) is 1.98. The van der Waals surface area contributed by atoms with Gasteiger partial charge in [0.25, 0.3) is 5.91 Å². The Labute approximate surface area is 152 Å². The molecule has 2 aromatic rings. The van der Waals surface area contributed by atoms with Gasteiger partial charge in [-0.2, -0.15) is 0 Å². The van der Waals surface area contributed by atoms with Crippen molar-refractivity contribution in [2.24, 2.45) is 0 Å². The second-order valence-electron chi connectivity index (χ2n) is 6.43. The van der Waals surface area contributed by atoms with E-state index in [0.29, 0.717) is 30.8 Å². The molecule has 0 N–H and O–H groups in total. The van der Waals surface area contributed by atoms with Crippen LogP contribution in [-0.4, -0.2) is 45.2 Å². The van der Waals surface area contributed by atoms with Crippen LogP contribution in [0.4, 0.5) is 4.39 Å². The predicted molar refractivity (Wildman–Crippen MR) is 96.0 cm³/mol. The standard InChI is InChI=1S/C19H20FNO4S/c1-26(23,24)13-14-2-4-16(5-3-14)19(22)21-10-11-25-18(12-21)15-6-8-17(20)9-7-15/h2-9,18H,10-13H2,1H3. The Morgan fingerprint density at radius 2 is 1.81 bits per heavy atom. The molecule has 1 saturated heterocycles. The van der Waals surface area contributed by atoms with Gasteiger partial charge in [-0.1, -0.05) is 24.3 Å². The minimum Gasteiger partial charge on any atom is -0.370 e. The third kappa shape index (κ3) is 4.68. The Hall–Kier alpha value is -2.25. The molecule has 1 heterocycles. The number of rotatable bonds is 4. The van der Waals surface area contributed by atoms with E-state index in [9.17, 15) is 17.6 Å². The van der Waals surface area contributed by atoms with E-state index >= 15 is 0 Å². The maximum absolute atomic E-state index is 13.1. The lowest BCUT2D eigenvalue weighted by Crippen LogP contribution is -2.42. The van der Waals surface area contributed by atoms with Crippen molar-refractivity contribution < 1.29 is 22.3 Å². The number of carbonyl (C=O) groups is 1. The fourth-order valence-corrected chi connectivity index (χ4v) is 3.74. The largest absolute Gasteiger partial charge is 0.370 e. The van der Waals surface area contributed by atoms with Crippen LogP contribution >= 0.6 is 0 Å². The summed E-state index contributed by atoms with van der Waals surface area (Å²) in [4.78, 5) is 14.4. The molecule has 2 aromatic carbocycles. The summed E-state index contributed by atoms with van der Waals surface area (Å²) in [5, 5.41) is 0. The molecular formula is C19H20FNO4S. The maximum Gasteiger partial charge on any atom is 0.254 e. The lowest BCUT2D eigenvalue weighted by atomic mass is 10.1. The lowest BCUT2D eigenvalue weighted by Gasteiger charge is -2.33. The molecule has 1 amide bonds. The van der Waals surface area contributed by atoms with Gasteiger partial charge in [-0.25, -0.2) is 12.8 Å². The zero-order chi connectivity index (χ0) is 18.7. The van der Waals surface area contributed by atoms with Gasteiger partial charge in [0.05, 0.1) is 18.9 Å². The van der Waals surface area contributed by atoms with Crippen molar-refractivity contribution >= 4 is 15.7 Å². The van der Waals surface area contributed by atoms with Crippen LogP contribution in [0.1, 0.15) is 27.6 Å². The average molecular weight is 377 g/mol. The van der Waals surface area contributed by atoms with E-state index in [2.05, 4.69) is 0 Å². The average Bonchev–Trinajstić information content (AvgIpc) is 2.61. The monoisotopic (exact) mass is 377 g/mol. The molecule has 0 aliphatic carbocycles. The maximum atomic E-state index is 13.1.